The molecule has 1 aromatic rings. The van der Waals surface area contributed by atoms with Crippen molar-refractivity contribution in [1.29, 1.82) is 0 Å². The van der Waals surface area contributed by atoms with Gasteiger partial charge in [0.2, 0.25) is 0 Å². The molecule has 0 aliphatic heterocycles. The number of hydrogen-bond acceptors (Lipinski definition) is 4. The second-order valence-electron chi connectivity index (χ2n) is 5.10. The Kier molecular flexibility index (Phi) is 4.47. The Bertz CT molecular complexity index is 536. The summed E-state index contributed by atoms with van der Waals surface area (Å²) in [6.07, 6.45) is 4.12. The minimum Gasteiger partial charge on any atom is -0.494 e. The molecule has 0 amide bonds. The van der Waals surface area contributed by atoms with Crippen LogP contribution in [0.2, 0.25) is 0 Å². The highest BCUT2D eigenvalue weighted by Gasteiger charge is 2.18. The number of sulfone groups is 1. The molecule has 2 rings (SSSR count). The van der Waals surface area contributed by atoms with E-state index in [0.717, 1.165) is 24.8 Å². The van der Waals surface area contributed by atoms with Crippen LogP contribution in [0.1, 0.15) is 36.5 Å². The molecular formula is C14H20O4S. The van der Waals surface area contributed by atoms with E-state index < -0.39 is 15.9 Å². The first-order valence-electron chi connectivity index (χ1n) is 6.57. The van der Waals surface area contributed by atoms with Crippen LogP contribution >= 0.6 is 0 Å². The fourth-order valence-electron chi connectivity index (χ4n) is 2.35. The molecular weight excluding hydrogens is 264 g/mol. The number of hydrogen-bond donors (Lipinski definition) is 1. The Balaban J connectivity index is 1.93. The number of ether oxygens (including phenoxy) is 1. The number of fused-ring (bicyclic) bond motifs is 1. The molecule has 19 heavy (non-hydrogen) atoms. The van der Waals surface area contributed by atoms with Gasteiger partial charge in [-0.2, -0.15) is 0 Å². The van der Waals surface area contributed by atoms with Crippen LogP contribution in [0, 0.1) is 0 Å². The molecule has 1 aliphatic carbocycles. The lowest BCUT2D eigenvalue weighted by molar-refractivity contribution is 0.156. The van der Waals surface area contributed by atoms with Crippen LogP contribution in [0.3, 0.4) is 0 Å². The molecule has 5 heteroatoms. The van der Waals surface area contributed by atoms with E-state index in [4.69, 9.17) is 4.74 Å². The van der Waals surface area contributed by atoms with E-state index in [9.17, 15) is 13.5 Å². The van der Waals surface area contributed by atoms with Gasteiger partial charge < -0.3 is 9.84 Å². The average molecular weight is 284 g/mol. The van der Waals surface area contributed by atoms with Crippen molar-refractivity contribution in [2.45, 2.75) is 31.8 Å². The maximum Gasteiger partial charge on any atom is 0.147 e. The van der Waals surface area contributed by atoms with E-state index in [0.29, 0.717) is 18.8 Å². The molecule has 0 saturated carbocycles. The van der Waals surface area contributed by atoms with Crippen molar-refractivity contribution in [2.75, 3.05) is 18.6 Å². The van der Waals surface area contributed by atoms with Crippen molar-refractivity contribution in [3.8, 4) is 5.75 Å². The summed E-state index contributed by atoms with van der Waals surface area (Å²) in [5.74, 6) is 0.841. The second kappa shape index (κ2) is 5.92. The predicted molar refractivity (Wildman–Crippen MR) is 74.2 cm³/mol. The van der Waals surface area contributed by atoms with Gasteiger partial charge in [0.1, 0.15) is 15.6 Å². The van der Waals surface area contributed by atoms with Gasteiger partial charge in [-0.05, 0) is 48.9 Å². The van der Waals surface area contributed by atoms with E-state index in [1.54, 1.807) is 0 Å². The maximum atomic E-state index is 11.0. The molecule has 0 spiro atoms. The summed E-state index contributed by atoms with van der Waals surface area (Å²) in [6, 6.07) is 5.75. The normalized spacial score (nSPS) is 18.9. The zero-order valence-corrected chi connectivity index (χ0v) is 11.9. The summed E-state index contributed by atoms with van der Waals surface area (Å²) < 4.78 is 27.5. The van der Waals surface area contributed by atoms with Gasteiger partial charge in [0, 0.05) is 6.26 Å². The van der Waals surface area contributed by atoms with E-state index >= 15 is 0 Å². The molecule has 106 valence electrons. The highest BCUT2D eigenvalue weighted by Crippen LogP contribution is 2.32. The van der Waals surface area contributed by atoms with Crippen molar-refractivity contribution >= 4 is 9.84 Å². The lowest BCUT2D eigenvalue weighted by Crippen LogP contribution is -2.10. The van der Waals surface area contributed by atoms with E-state index in [1.807, 2.05) is 18.2 Å². The monoisotopic (exact) mass is 284 g/mol. The molecule has 0 unspecified atom stereocenters. The number of benzene rings is 1. The highest BCUT2D eigenvalue weighted by molar-refractivity contribution is 7.90. The Hall–Kier alpha value is -1.07. The van der Waals surface area contributed by atoms with E-state index in [1.165, 1.54) is 11.8 Å². The Morgan fingerprint density at radius 2 is 2.21 bits per heavy atom. The van der Waals surface area contributed by atoms with Gasteiger partial charge in [-0.25, -0.2) is 8.42 Å². The van der Waals surface area contributed by atoms with Gasteiger partial charge in [-0.3, -0.25) is 0 Å². The van der Waals surface area contributed by atoms with E-state index in [-0.39, 0.29) is 5.75 Å². The lowest BCUT2D eigenvalue weighted by atomic mass is 9.89. The molecule has 1 N–H and O–H groups in total. The highest BCUT2D eigenvalue weighted by atomic mass is 32.2. The lowest BCUT2D eigenvalue weighted by Gasteiger charge is -2.22. The maximum absolute atomic E-state index is 11.0. The summed E-state index contributed by atoms with van der Waals surface area (Å²) in [5, 5.41) is 9.93. The average Bonchev–Trinajstić information content (AvgIpc) is 2.34. The van der Waals surface area contributed by atoms with Crippen LogP contribution in [-0.4, -0.2) is 32.1 Å². The third kappa shape index (κ3) is 4.21. The number of aryl methyl sites for hydroxylation is 1. The van der Waals surface area contributed by atoms with Crippen LogP contribution in [0.5, 0.6) is 5.75 Å². The molecule has 0 bridgehead atoms. The fraction of sp³-hybridized carbons (Fsp3) is 0.571. The molecule has 0 saturated heterocycles. The van der Waals surface area contributed by atoms with Crippen molar-refractivity contribution in [3.63, 3.8) is 0 Å². The largest absolute Gasteiger partial charge is 0.494 e. The number of rotatable bonds is 5. The zero-order valence-electron chi connectivity index (χ0n) is 11.1. The quantitative estimate of drug-likeness (QED) is 0.838. The SMILES string of the molecule is CS(=O)(=O)CCCOc1ccc2c(c1)[C@H](O)CCC2. The molecule has 1 atom stereocenters. The van der Waals surface area contributed by atoms with Crippen molar-refractivity contribution in [3.05, 3.63) is 29.3 Å². The van der Waals surface area contributed by atoms with Gasteiger partial charge in [0.05, 0.1) is 18.5 Å². The smallest absolute Gasteiger partial charge is 0.147 e. The third-order valence-electron chi connectivity index (χ3n) is 3.33. The molecule has 1 aromatic carbocycles. The number of aliphatic hydroxyl groups is 1. The first-order chi connectivity index (χ1) is 8.96. The van der Waals surface area contributed by atoms with Gasteiger partial charge in [0.25, 0.3) is 0 Å². The first-order valence-corrected chi connectivity index (χ1v) is 8.63. The van der Waals surface area contributed by atoms with Crippen LogP contribution in [-0.2, 0) is 16.3 Å². The number of aliphatic hydroxyl groups excluding tert-OH is 1. The molecule has 0 fully saturated rings. The standard InChI is InChI=1S/C14H20O4S/c1-19(16,17)9-3-8-18-12-7-6-11-4-2-5-14(15)13(11)10-12/h6-7,10,14-15H,2-5,8-9H2,1H3/t14-/m1/s1. The van der Waals surface area contributed by atoms with Crippen molar-refractivity contribution in [2.24, 2.45) is 0 Å². The van der Waals surface area contributed by atoms with Gasteiger partial charge in [-0.15, -0.1) is 0 Å². The first kappa shape index (κ1) is 14.3. The zero-order chi connectivity index (χ0) is 13.9. The molecule has 4 nitrogen and oxygen atoms in total. The van der Waals surface area contributed by atoms with Crippen molar-refractivity contribution < 1.29 is 18.3 Å². The second-order valence-corrected chi connectivity index (χ2v) is 7.36. The Labute approximate surface area is 114 Å². The summed E-state index contributed by atoms with van der Waals surface area (Å²) in [4.78, 5) is 0. The molecule has 0 aromatic heterocycles. The summed E-state index contributed by atoms with van der Waals surface area (Å²) in [5.41, 5.74) is 2.13. The van der Waals surface area contributed by atoms with Gasteiger partial charge in [-0.1, -0.05) is 6.07 Å². The summed E-state index contributed by atoms with van der Waals surface area (Å²) in [7, 11) is -2.92. The molecule has 0 heterocycles. The van der Waals surface area contributed by atoms with E-state index in [2.05, 4.69) is 0 Å². The third-order valence-corrected chi connectivity index (χ3v) is 4.36. The molecule has 1 aliphatic rings. The Morgan fingerprint density at radius 1 is 1.42 bits per heavy atom. The minimum atomic E-state index is -2.92. The van der Waals surface area contributed by atoms with Crippen LogP contribution in [0.25, 0.3) is 0 Å². The summed E-state index contributed by atoms with van der Waals surface area (Å²) in [6.45, 7) is 0.377. The van der Waals surface area contributed by atoms with Crippen LogP contribution < -0.4 is 4.74 Å². The van der Waals surface area contributed by atoms with Crippen molar-refractivity contribution in [1.82, 2.24) is 0 Å². The topological polar surface area (TPSA) is 63.6 Å². The van der Waals surface area contributed by atoms with Crippen LogP contribution in [0.15, 0.2) is 18.2 Å². The molecule has 0 radical (unpaired) electrons. The predicted octanol–water partition coefficient (Wildman–Crippen LogP) is 1.87. The van der Waals surface area contributed by atoms with Gasteiger partial charge in [0.15, 0.2) is 0 Å². The minimum absolute atomic E-state index is 0.139. The fourth-order valence-corrected chi connectivity index (χ4v) is 3.00. The van der Waals surface area contributed by atoms with Gasteiger partial charge >= 0.3 is 0 Å². The van der Waals surface area contributed by atoms with Crippen LogP contribution in [0.4, 0.5) is 0 Å². The Morgan fingerprint density at radius 3 is 2.95 bits per heavy atom. The summed E-state index contributed by atoms with van der Waals surface area (Å²) >= 11 is 0.